The lowest BCUT2D eigenvalue weighted by atomic mass is 10.1. The summed E-state index contributed by atoms with van der Waals surface area (Å²) in [7, 11) is 3.38. The SMILES string of the molecule is CCOc1ccc(CN(C)C(=O)C2=CCCCO2)cc1OC. The highest BCUT2D eigenvalue weighted by Gasteiger charge is 2.18. The van der Waals surface area contributed by atoms with Crippen molar-refractivity contribution >= 4 is 5.91 Å². The highest BCUT2D eigenvalue weighted by atomic mass is 16.5. The Balaban J connectivity index is 2.06. The number of allylic oxidation sites excluding steroid dienone is 1. The first-order valence-corrected chi connectivity index (χ1v) is 7.53. The van der Waals surface area contributed by atoms with Crippen LogP contribution in [0.5, 0.6) is 11.5 Å². The first-order chi connectivity index (χ1) is 10.7. The van der Waals surface area contributed by atoms with Crippen LogP contribution < -0.4 is 9.47 Å². The molecule has 0 atom stereocenters. The number of rotatable bonds is 6. The van der Waals surface area contributed by atoms with Gasteiger partial charge in [-0.25, -0.2) is 0 Å². The molecule has 22 heavy (non-hydrogen) atoms. The average Bonchev–Trinajstić information content (AvgIpc) is 2.56. The third kappa shape index (κ3) is 3.93. The fourth-order valence-electron chi connectivity index (χ4n) is 2.33. The van der Waals surface area contributed by atoms with Gasteiger partial charge < -0.3 is 19.1 Å². The van der Waals surface area contributed by atoms with Crippen molar-refractivity contribution in [2.24, 2.45) is 0 Å². The molecule has 0 aliphatic carbocycles. The number of ether oxygens (including phenoxy) is 3. The molecule has 0 fully saturated rings. The zero-order chi connectivity index (χ0) is 15.9. The Morgan fingerprint density at radius 3 is 2.82 bits per heavy atom. The molecule has 1 heterocycles. The minimum atomic E-state index is -0.0902. The highest BCUT2D eigenvalue weighted by molar-refractivity contribution is 5.91. The average molecular weight is 305 g/mol. The number of nitrogens with zero attached hydrogens (tertiary/aromatic N) is 1. The molecule has 1 aromatic rings. The van der Waals surface area contributed by atoms with E-state index in [-0.39, 0.29) is 5.91 Å². The van der Waals surface area contributed by atoms with Gasteiger partial charge in [0.05, 0.1) is 20.3 Å². The number of likely N-dealkylation sites (N-methyl/N-ethyl adjacent to an activating group) is 1. The number of methoxy groups -OCH3 is 1. The van der Waals surface area contributed by atoms with Crippen LogP contribution >= 0.6 is 0 Å². The molecular weight excluding hydrogens is 282 g/mol. The van der Waals surface area contributed by atoms with Crippen LogP contribution in [0.15, 0.2) is 30.0 Å². The lowest BCUT2D eigenvalue weighted by molar-refractivity contribution is -0.130. The summed E-state index contributed by atoms with van der Waals surface area (Å²) in [6.07, 6.45) is 3.73. The van der Waals surface area contributed by atoms with Crippen LogP contribution in [0.3, 0.4) is 0 Å². The zero-order valence-electron chi connectivity index (χ0n) is 13.4. The van der Waals surface area contributed by atoms with Gasteiger partial charge in [-0.1, -0.05) is 6.07 Å². The maximum absolute atomic E-state index is 12.3. The quantitative estimate of drug-likeness (QED) is 0.811. The van der Waals surface area contributed by atoms with Crippen molar-refractivity contribution in [3.63, 3.8) is 0 Å². The van der Waals surface area contributed by atoms with Crippen LogP contribution in [0.4, 0.5) is 0 Å². The molecule has 0 spiro atoms. The van der Waals surface area contributed by atoms with Gasteiger partial charge in [-0.3, -0.25) is 4.79 Å². The van der Waals surface area contributed by atoms with Crippen molar-refractivity contribution in [1.82, 2.24) is 4.90 Å². The zero-order valence-corrected chi connectivity index (χ0v) is 13.4. The Bertz CT molecular complexity index is 554. The first-order valence-electron chi connectivity index (χ1n) is 7.53. The van der Waals surface area contributed by atoms with Crippen molar-refractivity contribution in [3.05, 3.63) is 35.6 Å². The number of benzene rings is 1. The summed E-state index contributed by atoms with van der Waals surface area (Å²) < 4.78 is 16.2. The van der Waals surface area contributed by atoms with E-state index in [1.807, 2.05) is 31.2 Å². The molecule has 1 aromatic carbocycles. The van der Waals surface area contributed by atoms with Crippen LogP contribution in [0.25, 0.3) is 0 Å². The van der Waals surface area contributed by atoms with Gasteiger partial charge in [-0.2, -0.15) is 0 Å². The van der Waals surface area contributed by atoms with Gasteiger partial charge in [0.1, 0.15) is 0 Å². The minimum absolute atomic E-state index is 0.0902. The Hall–Kier alpha value is -2.17. The summed E-state index contributed by atoms with van der Waals surface area (Å²) in [5.74, 6) is 1.74. The second kappa shape index (κ2) is 7.73. The van der Waals surface area contributed by atoms with Crippen molar-refractivity contribution in [2.45, 2.75) is 26.3 Å². The van der Waals surface area contributed by atoms with Crippen LogP contribution in [0.2, 0.25) is 0 Å². The fourth-order valence-corrected chi connectivity index (χ4v) is 2.33. The van der Waals surface area contributed by atoms with Crippen molar-refractivity contribution in [1.29, 1.82) is 0 Å². The van der Waals surface area contributed by atoms with Gasteiger partial charge in [0.15, 0.2) is 17.3 Å². The Labute approximate surface area is 131 Å². The molecular formula is C17H23NO4. The molecule has 1 amide bonds. The molecule has 0 unspecified atom stereocenters. The molecule has 5 nitrogen and oxygen atoms in total. The third-order valence-corrected chi connectivity index (χ3v) is 3.44. The van der Waals surface area contributed by atoms with Gasteiger partial charge in [-0.05, 0) is 43.5 Å². The summed E-state index contributed by atoms with van der Waals surface area (Å²) in [4.78, 5) is 13.9. The van der Waals surface area contributed by atoms with E-state index >= 15 is 0 Å². The van der Waals surface area contributed by atoms with Gasteiger partial charge in [0.25, 0.3) is 5.91 Å². The number of carbonyl (C=O) groups excluding carboxylic acids is 1. The fraction of sp³-hybridized carbons (Fsp3) is 0.471. The Morgan fingerprint density at radius 1 is 1.36 bits per heavy atom. The summed E-state index contributed by atoms with van der Waals surface area (Å²) in [6.45, 7) is 3.61. The molecule has 0 radical (unpaired) electrons. The molecule has 0 aromatic heterocycles. The molecule has 0 bridgehead atoms. The smallest absolute Gasteiger partial charge is 0.288 e. The Kier molecular flexibility index (Phi) is 5.69. The predicted octanol–water partition coefficient (Wildman–Crippen LogP) is 2.75. The standard InChI is InChI=1S/C17H23NO4/c1-4-21-14-9-8-13(11-16(14)20-3)12-18(2)17(19)15-7-5-6-10-22-15/h7-9,11H,4-6,10,12H2,1-3H3. The molecule has 2 rings (SSSR count). The molecule has 0 N–H and O–H groups in total. The maximum Gasteiger partial charge on any atom is 0.288 e. The largest absolute Gasteiger partial charge is 0.493 e. The van der Waals surface area contributed by atoms with E-state index in [1.165, 1.54) is 0 Å². The first kappa shape index (κ1) is 16.2. The van der Waals surface area contributed by atoms with Crippen molar-refractivity contribution in [2.75, 3.05) is 27.4 Å². The third-order valence-electron chi connectivity index (χ3n) is 3.44. The van der Waals surface area contributed by atoms with Crippen molar-refractivity contribution < 1.29 is 19.0 Å². The number of hydrogen-bond donors (Lipinski definition) is 0. The lowest BCUT2D eigenvalue weighted by Gasteiger charge is -2.21. The van der Waals surface area contributed by atoms with Crippen LogP contribution in [-0.4, -0.2) is 38.2 Å². The minimum Gasteiger partial charge on any atom is -0.493 e. The number of hydrogen-bond acceptors (Lipinski definition) is 4. The van der Waals surface area contributed by atoms with Gasteiger partial charge in [0.2, 0.25) is 0 Å². The highest BCUT2D eigenvalue weighted by Crippen LogP contribution is 2.28. The van der Waals surface area contributed by atoms with E-state index in [0.29, 0.717) is 37.0 Å². The van der Waals surface area contributed by atoms with Gasteiger partial charge in [-0.15, -0.1) is 0 Å². The predicted molar refractivity (Wildman–Crippen MR) is 83.9 cm³/mol. The van der Waals surface area contributed by atoms with E-state index in [4.69, 9.17) is 14.2 Å². The second-order valence-corrected chi connectivity index (χ2v) is 5.14. The molecule has 0 saturated heterocycles. The monoisotopic (exact) mass is 305 g/mol. The summed E-state index contributed by atoms with van der Waals surface area (Å²) in [5.41, 5.74) is 0.979. The van der Waals surface area contributed by atoms with E-state index in [0.717, 1.165) is 18.4 Å². The van der Waals surface area contributed by atoms with E-state index in [9.17, 15) is 4.79 Å². The normalized spacial score (nSPS) is 13.9. The summed E-state index contributed by atoms with van der Waals surface area (Å²) in [5, 5.41) is 0. The Morgan fingerprint density at radius 2 is 2.18 bits per heavy atom. The molecule has 0 saturated carbocycles. The van der Waals surface area contributed by atoms with E-state index < -0.39 is 0 Å². The molecule has 5 heteroatoms. The van der Waals surface area contributed by atoms with E-state index in [1.54, 1.807) is 19.1 Å². The van der Waals surface area contributed by atoms with E-state index in [2.05, 4.69) is 0 Å². The topological polar surface area (TPSA) is 48.0 Å². The molecule has 1 aliphatic heterocycles. The van der Waals surface area contributed by atoms with Crippen LogP contribution in [0, 0.1) is 0 Å². The van der Waals surface area contributed by atoms with Gasteiger partial charge >= 0.3 is 0 Å². The van der Waals surface area contributed by atoms with Crippen LogP contribution in [-0.2, 0) is 16.1 Å². The molecule has 120 valence electrons. The maximum atomic E-state index is 12.3. The summed E-state index contributed by atoms with van der Waals surface area (Å²) >= 11 is 0. The lowest BCUT2D eigenvalue weighted by Crippen LogP contribution is -2.29. The summed E-state index contributed by atoms with van der Waals surface area (Å²) in [6, 6.07) is 5.70. The van der Waals surface area contributed by atoms with Crippen molar-refractivity contribution in [3.8, 4) is 11.5 Å². The number of amides is 1. The van der Waals surface area contributed by atoms with Crippen LogP contribution in [0.1, 0.15) is 25.3 Å². The second-order valence-electron chi connectivity index (χ2n) is 5.14. The number of carbonyl (C=O) groups is 1. The van der Waals surface area contributed by atoms with Gasteiger partial charge in [0, 0.05) is 13.6 Å². The molecule has 1 aliphatic rings.